The van der Waals surface area contributed by atoms with Gasteiger partial charge in [-0.2, -0.15) is 0 Å². The summed E-state index contributed by atoms with van der Waals surface area (Å²) >= 11 is 7.53. The van der Waals surface area contributed by atoms with E-state index in [0.29, 0.717) is 17.4 Å². The number of hydrogen-bond donors (Lipinski definition) is 0. The minimum Gasteiger partial charge on any atom is -0.465 e. The number of fused-ring (bicyclic) bond motifs is 1. The van der Waals surface area contributed by atoms with Crippen LogP contribution in [0.1, 0.15) is 19.1 Å². The summed E-state index contributed by atoms with van der Waals surface area (Å²) in [5.74, 6) is 0.383. The molecular weight excluding hydrogens is 284 g/mol. The van der Waals surface area contributed by atoms with E-state index in [1.165, 1.54) is 0 Å². The number of rotatable bonds is 5. The minimum absolute atomic E-state index is 0.155. The van der Waals surface area contributed by atoms with E-state index in [4.69, 9.17) is 20.8 Å². The van der Waals surface area contributed by atoms with E-state index >= 15 is 0 Å². The van der Waals surface area contributed by atoms with Gasteiger partial charge in [0.1, 0.15) is 17.8 Å². The molecule has 0 fully saturated rings. The lowest BCUT2D eigenvalue weighted by Crippen LogP contribution is -2.08. The molecule has 0 unspecified atom stereocenters. The Morgan fingerprint density at radius 1 is 1.47 bits per heavy atom. The van der Waals surface area contributed by atoms with Gasteiger partial charge in [0, 0.05) is 10.4 Å². The number of furan rings is 1. The summed E-state index contributed by atoms with van der Waals surface area (Å²) in [5, 5.41) is 1.60. The van der Waals surface area contributed by atoms with Crippen molar-refractivity contribution in [1.82, 2.24) is 0 Å². The van der Waals surface area contributed by atoms with Gasteiger partial charge in [-0.3, -0.25) is 4.79 Å². The average Bonchev–Trinajstić information content (AvgIpc) is 2.72. The van der Waals surface area contributed by atoms with Gasteiger partial charge >= 0.3 is 5.97 Å². The first kappa shape index (κ1) is 14.3. The Kier molecular flexibility index (Phi) is 4.77. The van der Waals surface area contributed by atoms with Gasteiger partial charge in [-0.1, -0.05) is 18.5 Å². The second-order valence-corrected chi connectivity index (χ2v) is 5.35. The number of ether oxygens (including phenoxy) is 1. The van der Waals surface area contributed by atoms with Crippen LogP contribution in [0.3, 0.4) is 0 Å². The average molecular weight is 299 g/mol. The first-order valence-electron chi connectivity index (χ1n) is 6.06. The molecule has 0 radical (unpaired) electrons. The van der Waals surface area contributed by atoms with Gasteiger partial charge in [0.2, 0.25) is 0 Å². The van der Waals surface area contributed by atoms with Gasteiger partial charge in [-0.25, -0.2) is 0 Å². The van der Waals surface area contributed by atoms with Crippen LogP contribution in [0.2, 0.25) is 5.02 Å². The lowest BCUT2D eigenvalue weighted by Gasteiger charge is -2.02. The van der Waals surface area contributed by atoms with Crippen molar-refractivity contribution in [2.45, 2.75) is 24.7 Å². The Balaban J connectivity index is 2.30. The second-order valence-electron chi connectivity index (χ2n) is 4.10. The fourth-order valence-electron chi connectivity index (χ4n) is 1.84. The number of carbonyl (C=O) groups is 1. The minimum atomic E-state index is -0.262. The highest BCUT2D eigenvalue weighted by Gasteiger charge is 2.17. The summed E-state index contributed by atoms with van der Waals surface area (Å²) in [6, 6.07) is 5.45. The van der Waals surface area contributed by atoms with E-state index in [1.807, 2.05) is 25.3 Å². The van der Waals surface area contributed by atoms with Crippen molar-refractivity contribution in [1.29, 1.82) is 0 Å². The smallest absolute Gasteiger partial charge is 0.313 e. The summed E-state index contributed by atoms with van der Waals surface area (Å²) in [6.45, 7) is 2.41. The topological polar surface area (TPSA) is 39.4 Å². The molecule has 1 heterocycles. The molecule has 0 N–H and O–H groups in total. The fraction of sp³-hybridized carbons (Fsp3) is 0.357. The number of halogens is 1. The maximum atomic E-state index is 11.7. The van der Waals surface area contributed by atoms with Crippen LogP contribution in [0.15, 0.2) is 27.5 Å². The van der Waals surface area contributed by atoms with E-state index in [9.17, 15) is 4.79 Å². The van der Waals surface area contributed by atoms with Crippen LogP contribution in [-0.2, 0) is 16.0 Å². The molecule has 19 heavy (non-hydrogen) atoms. The largest absolute Gasteiger partial charge is 0.465 e. The van der Waals surface area contributed by atoms with Crippen molar-refractivity contribution < 1.29 is 13.9 Å². The fourth-order valence-corrected chi connectivity index (χ4v) is 2.73. The molecule has 0 amide bonds. The van der Waals surface area contributed by atoms with Crippen molar-refractivity contribution in [2.24, 2.45) is 0 Å². The third-order valence-corrected chi connectivity index (χ3v) is 3.74. The molecule has 0 aliphatic rings. The van der Waals surface area contributed by atoms with Crippen LogP contribution in [0.5, 0.6) is 0 Å². The van der Waals surface area contributed by atoms with Gasteiger partial charge in [-0.05, 0) is 30.9 Å². The molecule has 0 bridgehead atoms. The molecule has 3 nitrogen and oxygen atoms in total. The number of benzene rings is 1. The maximum Gasteiger partial charge on any atom is 0.313 e. The summed E-state index contributed by atoms with van der Waals surface area (Å²) in [6.07, 6.45) is 2.92. The molecular formula is C14H15ClO3S. The van der Waals surface area contributed by atoms with E-state index in [1.54, 1.807) is 17.8 Å². The van der Waals surface area contributed by atoms with Crippen molar-refractivity contribution in [3.8, 4) is 0 Å². The van der Waals surface area contributed by atoms with Crippen LogP contribution in [0.25, 0.3) is 11.0 Å². The first-order chi connectivity index (χ1) is 9.15. The molecule has 102 valence electrons. The van der Waals surface area contributed by atoms with Crippen LogP contribution in [-0.4, -0.2) is 18.8 Å². The van der Waals surface area contributed by atoms with Gasteiger partial charge in [-0.15, -0.1) is 11.8 Å². The Morgan fingerprint density at radius 3 is 2.95 bits per heavy atom. The Hall–Kier alpha value is -1.13. The lowest BCUT2D eigenvalue weighted by molar-refractivity contribution is -0.143. The molecule has 5 heteroatoms. The third kappa shape index (κ3) is 3.25. The van der Waals surface area contributed by atoms with Gasteiger partial charge in [0.15, 0.2) is 0 Å². The Morgan fingerprint density at radius 2 is 2.26 bits per heavy atom. The zero-order chi connectivity index (χ0) is 13.8. The zero-order valence-electron chi connectivity index (χ0n) is 10.9. The molecule has 2 aromatic rings. The van der Waals surface area contributed by atoms with Gasteiger partial charge in [0.05, 0.1) is 11.5 Å². The van der Waals surface area contributed by atoms with Crippen LogP contribution >= 0.6 is 23.4 Å². The first-order valence-corrected chi connectivity index (χ1v) is 7.66. The Bertz CT molecular complexity index is 592. The van der Waals surface area contributed by atoms with E-state index in [-0.39, 0.29) is 12.4 Å². The summed E-state index contributed by atoms with van der Waals surface area (Å²) in [7, 11) is 0. The highest BCUT2D eigenvalue weighted by Crippen LogP contribution is 2.34. The standard InChI is InChI=1S/C14H15ClO3S/c1-3-6-17-13(16)8-12-14(19-2)10-7-9(15)4-5-11(10)18-12/h4-5,7H,3,6,8H2,1-2H3. The van der Waals surface area contributed by atoms with Crippen molar-refractivity contribution in [2.75, 3.05) is 12.9 Å². The summed E-state index contributed by atoms with van der Waals surface area (Å²) in [5.41, 5.74) is 0.743. The Labute approximate surface area is 121 Å². The predicted molar refractivity (Wildman–Crippen MR) is 78.0 cm³/mol. The predicted octanol–water partition coefficient (Wildman–Crippen LogP) is 4.30. The van der Waals surface area contributed by atoms with Crippen LogP contribution in [0, 0.1) is 0 Å². The van der Waals surface area contributed by atoms with Gasteiger partial charge in [0.25, 0.3) is 0 Å². The maximum absolute atomic E-state index is 11.7. The molecule has 2 rings (SSSR count). The van der Waals surface area contributed by atoms with Crippen molar-refractivity contribution in [3.63, 3.8) is 0 Å². The van der Waals surface area contributed by atoms with Gasteiger partial charge < -0.3 is 9.15 Å². The second kappa shape index (κ2) is 6.35. The molecule has 0 spiro atoms. The lowest BCUT2D eigenvalue weighted by atomic mass is 10.2. The molecule has 0 saturated heterocycles. The molecule has 0 atom stereocenters. The number of hydrogen-bond acceptors (Lipinski definition) is 4. The zero-order valence-corrected chi connectivity index (χ0v) is 12.4. The van der Waals surface area contributed by atoms with E-state index < -0.39 is 0 Å². The molecule has 0 saturated carbocycles. The van der Waals surface area contributed by atoms with E-state index in [2.05, 4.69) is 0 Å². The van der Waals surface area contributed by atoms with Crippen molar-refractivity contribution >= 4 is 40.3 Å². The number of carbonyl (C=O) groups excluding carboxylic acids is 1. The summed E-state index contributed by atoms with van der Waals surface area (Å²) in [4.78, 5) is 12.6. The number of thioether (sulfide) groups is 1. The monoisotopic (exact) mass is 298 g/mol. The van der Waals surface area contributed by atoms with E-state index in [0.717, 1.165) is 22.3 Å². The van der Waals surface area contributed by atoms with Crippen molar-refractivity contribution in [3.05, 3.63) is 29.0 Å². The highest BCUT2D eigenvalue weighted by atomic mass is 35.5. The molecule has 0 aliphatic heterocycles. The van der Waals surface area contributed by atoms with Crippen LogP contribution < -0.4 is 0 Å². The number of esters is 1. The molecule has 1 aromatic carbocycles. The summed E-state index contributed by atoms with van der Waals surface area (Å²) < 4.78 is 10.8. The quantitative estimate of drug-likeness (QED) is 0.609. The normalized spacial score (nSPS) is 10.9. The molecule has 0 aliphatic carbocycles. The molecule has 1 aromatic heterocycles. The third-order valence-electron chi connectivity index (χ3n) is 2.65. The highest BCUT2D eigenvalue weighted by molar-refractivity contribution is 7.98. The SMILES string of the molecule is CCCOC(=O)Cc1oc2ccc(Cl)cc2c1SC. The van der Waals surface area contributed by atoms with Crippen LogP contribution in [0.4, 0.5) is 0 Å².